The molecule has 0 saturated carbocycles. The lowest BCUT2D eigenvalue weighted by atomic mass is 9.95. The third-order valence-corrected chi connectivity index (χ3v) is 6.97. The van der Waals surface area contributed by atoms with Crippen molar-refractivity contribution in [1.82, 2.24) is 0 Å². The molecule has 0 amide bonds. The predicted molar refractivity (Wildman–Crippen MR) is 92.9 cm³/mol. The fraction of sp³-hybridized carbons (Fsp3) is 0.333. The number of hydrogen-bond donors (Lipinski definition) is 0. The summed E-state index contributed by atoms with van der Waals surface area (Å²) >= 11 is 15.1. The van der Waals surface area contributed by atoms with Gasteiger partial charge in [0.1, 0.15) is 0 Å². The van der Waals surface area contributed by atoms with Gasteiger partial charge in [0.15, 0.2) is 0 Å². The molecule has 0 spiro atoms. The summed E-state index contributed by atoms with van der Waals surface area (Å²) in [6, 6.07) is 10.5. The van der Waals surface area contributed by atoms with Crippen LogP contribution in [-0.4, -0.2) is 0 Å². The van der Waals surface area contributed by atoms with Crippen LogP contribution in [0.25, 0.3) is 0 Å². The van der Waals surface area contributed by atoms with Gasteiger partial charge in [-0.15, -0.1) is 11.3 Å². The molecule has 0 bridgehead atoms. The minimum atomic E-state index is 0.205. The van der Waals surface area contributed by atoms with Crippen molar-refractivity contribution in [3.05, 3.63) is 55.1 Å². The number of alkyl halides is 1. The number of hydrogen-bond acceptors (Lipinski definition) is 1. The first-order valence-electron chi connectivity index (χ1n) is 5.98. The van der Waals surface area contributed by atoms with E-state index in [2.05, 4.69) is 76.9 Å². The lowest BCUT2D eigenvalue weighted by Crippen LogP contribution is -2.07. The van der Waals surface area contributed by atoms with Crippen LogP contribution >= 0.6 is 54.8 Å². The lowest BCUT2D eigenvalue weighted by Gasteiger charge is -2.15. The summed E-state index contributed by atoms with van der Waals surface area (Å²) < 4.78 is 0.934. The summed E-state index contributed by atoms with van der Waals surface area (Å²) in [7, 11) is 0. The maximum Gasteiger partial charge on any atom is 0.0738 e. The average molecular weight is 423 g/mol. The van der Waals surface area contributed by atoms with Crippen molar-refractivity contribution in [2.45, 2.75) is 31.0 Å². The second-order valence-corrected chi connectivity index (χ2v) is 8.78. The molecule has 0 aliphatic rings. The summed E-state index contributed by atoms with van der Waals surface area (Å²) in [6.07, 6.45) is 0. The number of benzene rings is 1. The van der Waals surface area contributed by atoms with Crippen molar-refractivity contribution in [1.29, 1.82) is 0 Å². The van der Waals surface area contributed by atoms with Gasteiger partial charge in [0, 0.05) is 14.2 Å². The highest BCUT2D eigenvalue weighted by atomic mass is 79.9. The van der Waals surface area contributed by atoms with Crippen molar-refractivity contribution in [2.75, 3.05) is 0 Å². The second kappa shape index (κ2) is 5.88. The third-order valence-electron chi connectivity index (χ3n) is 2.85. The first kappa shape index (κ1) is 15.6. The molecule has 4 heteroatoms. The van der Waals surface area contributed by atoms with Crippen LogP contribution in [0, 0.1) is 0 Å². The van der Waals surface area contributed by atoms with E-state index in [0.29, 0.717) is 0 Å². The average Bonchev–Trinajstić information content (AvgIpc) is 2.81. The summed E-state index contributed by atoms with van der Waals surface area (Å²) in [5.74, 6) is 0. The molecule has 0 N–H and O–H groups in total. The predicted octanol–water partition coefficient (Wildman–Crippen LogP) is 6.95. The van der Waals surface area contributed by atoms with Gasteiger partial charge in [-0.3, -0.25) is 0 Å². The number of thiophene rings is 1. The van der Waals surface area contributed by atoms with Crippen molar-refractivity contribution < 1.29 is 0 Å². The van der Waals surface area contributed by atoms with E-state index in [4.69, 9.17) is 11.6 Å². The molecule has 0 saturated heterocycles. The van der Waals surface area contributed by atoms with Gasteiger partial charge < -0.3 is 0 Å². The smallest absolute Gasteiger partial charge is 0.0738 e. The van der Waals surface area contributed by atoms with Gasteiger partial charge in [-0.1, -0.05) is 54.4 Å². The van der Waals surface area contributed by atoms with E-state index < -0.39 is 0 Å². The van der Waals surface area contributed by atoms with Crippen molar-refractivity contribution in [2.24, 2.45) is 0 Å². The van der Waals surface area contributed by atoms with Gasteiger partial charge in [0.05, 0.1) is 9.85 Å². The molecule has 0 aliphatic heterocycles. The van der Waals surface area contributed by atoms with Crippen molar-refractivity contribution in [3.63, 3.8) is 0 Å². The van der Waals surface area contributed by atoms with Gasteiger partial charge in [-0.05, 0) is 51.2 Å². The fourth-order valence-electron chi connectivity index (χ4n) is 1.73. The zero-order chi connectivity index (χ0) is 14.2. The molecule has 102 valence electrons. The quantitative estimate of drug-likeness (QED) is 0.460. The summed E-state index contributed by atoms with van der Waals surface area (Å²) in [6.45, 7) is 6.72. The standard InChI is InChI=1S/C15H15Br2ClS/c1-15(2,3)13-7-6-12(19-13)14(17)9-4-5-11(18)10(16)8-9/h4-8,14H,1-3H3. The largest absolute Gasteiger partial charge is 0.143 e. The monoisotopic (exact) mass is 420 g/mol. The highest BCUT2D eigenvalue weighted by molar-refractivity contribution is 9.10. The van der Waals surface area contributed by atoms with E-state index in [1.54, 1.807) is 0 Å². The molecular weight excluding hydrogens is 407 g/mol. The van der Waals surface area contributed by atoms with Gasteiger partial charge >= 0.3 is 0 Å². The van der Waals surface area contributed by atoms with Crippen molar-refractivity contribution >= 4 is 54.8 Å². The van der Waals surface area contributed by atoms with Gasteiger partial charge in [0.2, 0.25) is 0 Å². The first-order chi connectivity index (χ1) is 8.79. The summed E-state index contributed by atoms with van der Waals surface area (Å²) in [4.78, 5) is 2.93. The first-order valence-corrected chi connectivity index (χ1v) is 8.88. The van der Waals surface area contributed by atoms with Gasteiger partial charge in [-0.2, -0.15) is 0 Å². The van der Waals surface area contributed by atoms with E-state index in [-0.39, 0.29) is 10.2 Å². The van der Waals surface area contributed by atoms with Gasteiger partial charge in [0.25, 0.3) is 0 Å². The molecule has 0 radical (unpaired) electrons. The Morgan fingerprint density at radius 2 is 1.84 bits per heavy atom. The maximum absolute atomic E-state index is 6.04. The van der Waals surface area contributed by atoms with Crippen LogP contribution in [0.15, 0.2) is 34.8 Å². The molecule has 0 fully saturated rings. The topological polar surface area (TPSA) is 0 Å². The Labute approximate surface area is 140 Å². The van der Waals surface area contributed by atoms with Crippen LogP contribution in [-0.2, 0) is 5.41 Å². The van der Waals surface area contributed by atoms with E-state index in [0.717, 1.165) is 9.50 Å². The molecule has 2 aromatic rings. The highest BCUT2D eigenvalue weighted by Crippen LogP contribution is 2.40. The molecule has 1 aromatic heterocycles. The molecule has 0 aliphatic carbocycles. The Kier molecular flexibility index (Phi) is 4.82. The Morgan fingerprint density at radius 1 is 1.16 bits per heavy atom. The number of rotatable bonds is 2. The van der Waals surface area contributed by atoms with Crippen molar-refractivity contribution in [3.8, 4) is 0 Å². The van der Waals surface area contributed by atoms with Crippen LogP contribution in [0.1, 0.15) is 40.9 Å². The maximum atomic E-state index is 6.04. The zero-order valence-electron chi connectivity index (χ0n) is 11.0. The Balaban J connectivity index is 2.31. The second-order valence-electron chi connectivity index (χ2n) is 5.49. The number of halogens is 3. The Bertz CT molecular complexity index is 584. The Morgan fingerprint density at radius 3 is 2.37 bits per heavy atom. The summed E-state index contributed by atoms with van der Waals surface area (Å²) in [5.41, 5.74) is 1.41. The Hall–Kier alpha value is 0.170. The van der Waals surface area contributed by atoms with Crippen LogP contribution in [0.5, 0.6) is 0 Å². The molecule has 19 heavy (non-hydrogen) atoms. The van der Waals surface area contributed by atoms with E-state index in [1.807, 2.05) is 17.4 Å². The summed E-state index contributed by atoms with van der Waals surface area (Å²) in [5, 5.41) is 0.741. The van der Waals surface area contributed by atoms with Gasteiger partial charge in [-0.25, -0.2) is 0 Å². The SMILES string of the molecule is CC(C)(C)c1ccc(C(Br)c2ccc(Cl)c(Br)c2)s1. The van der Waals surface area contributed by atoms with Crippen LogP contribution < -0.4 is 0 Å². The molecule has 1 unspecified atom stereocenters. The molecule has 1 aromatic carbocycles. The minimum Gasteiger partial charge on any atom is -0.143 e. The van der Waals surface area contributed by atoms with Crippen LogP contribution in [0.2, 0.25) is 5.02 Å². The minimum absolute atomic E-state index is 0.205. The van der Waals surface area contributed by atoms with Crippen LogP contribution in [0.4, 0.5) is 0 Å². The third kappa shape index (κ3) is 3.63. The van der Waals surface area contributed by atoms with E-state index >= 15 is 0 Å². The molecule has 1 heterocycles. The molecule has 0 nitrogen and oxygen atoms in total. The highest BCUT2D eigenvalue weighted by Gasteiger charge is 2.19. The van der Waals surface area contributed by atoms with E-state index in [1.165, 1.54) is 15.3 Å². The molecular formula is C15H15Br2ClS. The fourth-order valence-corrected chi connectivity index (χ4v) is 4.03. The normalized spacial score (nSPS) is 13.6. The van der Waals surface area contributed by atoms with E-state index in [9.17, 15) is 0 Å². The zero-order valence-corrected chi connectivity index (χ0v) is 15.8. The lowest BCUT2D eigenvalue weighted by molar-refractivity contribution is 0.604. The molecule has 1 atom stereocenters. The van der Waals surface area contributed by atoms with Crippen LogP contribution in [0.3, 0.4) is 0 Å². The molecule has 2 rings (SSSR count).